The van der Waals surface area contributed by atoms with Crippen molar-refractivity contribution in [3.8, 4) is 0 Å². The summed E-state index contributed by atoms with van der Waals surface area (Å²) in [6.07, 6.45) is 7.11. The predicted octanol–water partition coefficient (Wildman–Crippen LogP) is 1.65. The minimum Gasteiger partial charge on any atom is -0.347 e. The molecule has 0 aromatic rings. The van der Waals surface area contributed by atoms with Crippen molar-refractivity contribution in [2.45, 2.75) is 63.6 Å². The van der Waals surface area contributed by atoms with E-state index in [4.69, 9.17) is 15.2 Å². The molecule has 1 saturated heterocycles. The SMILES string of the molecule is C[C@H]1OC2C[C@]3(C[C@@H]2O1)[C@@H]1CC[C@@H](C1)[C@@H]3N. The average Bonchev–Trinajstić information content (AvgIpc) is 2.89. The summed E-state index contributed by atoms with van der Waals surface area (Å²) < 4.78 is 11.7. The largest absolute Gasteiger partial charge is 0.347 e. The van der Waals surface area contributed by atoms with E-state index in [1.54, 1.807) is 0 Å². The number of rotatable bonds is 0. The van der Waals surface area contributed by atoms with Crippen LogP contribution in [-0.4, -0.2) is 24.5 Å². The van der Waals surface area contributed by atoms with Gasteiger partial charge in [-0.2, -0.15) is 0 Å². The summed E-state index contributed by atoms with van der Waals surface area (Å²) in [5, 5.41) is 0. The maximum atomic E-state index is 6.49. The Labute approximate surface area is 96.7 Å². The summed E-state index contributed by atoms with van der Waals surface area (Å²) in [5.41, 5.74) is 6.86. The molecule has 4 fully saturated rings. The summed E-state index contributed by atoms with van der Waals surface area (Å²) in [6, 6.07) is 0.416. The normalized spacial score (nSPS) is 63.4. The van der Waals surface area contributed by atoms with Gasteiger partial charge in [-0.3, -0.25) is 0 Å². The molecule has 7 atom stereocenters. The van der Waals surface area contributed by atoms with E-state index < -0.39 is 0 Å². The molecule has 0 radical (unpaired) electrons. The van der Waals surface area contributed by atoms with Crippen LogP contribution in [0.15, 0.2) is 0 Å². The first-order valence-electron chi connectivity index (χ1n) is 6.75. The second kappa shape index (κ2) is 3.01. The zero-order valence-electron chi connectivity index (χ0n) is 9.89. The van der Waals surface area contributed by atoms with Crippen LogP contribution in [-0.2, 0) is 9.47 Å². The lowest BCUT2D eigenvalue weighted by atomic mass is 9.68. The number of hydrogen-bond donors (Lipinski definition) is 1. The quantitative estimate of drug-likeness (QED) is 0.679. The van der Waals surface area contributed by atoms with Crippen molar-refractivity contribution in [3.63, 3.8) is 0 Å². The maximum absolute atomic E-state index is 6.49. The Morgan fingerprint density at radius 1 is 1.12 bits per heavy atom. The van der Waals surface area contributed by atoms with Gasteiger partial charge in [0.25, 0.3) is 0 Å². The number of nitrogens with two attached hydrogens (primary N) is 1. The molecule has 3 aliphatic carbocycles. The fourth-order valence-electron chi connectivity index (χ4n) is 5.10. The zero-order chi connectivity index (χ0) is 10.9. The Hall–Kier alpha value is -0.120. The molecule has 90 valence electrons. The minimum absolute atomic E-state index is 0.00200. The van der Waals surface area contributed by atoms with Crippen molar-refractivity contribution in [1.82, 2.24) is 0 Å². The number of fused-ring (bicyclic) bond motifs is 4. The number of hydrogen-bond acceptors (Lipinski definition) is 3. The second-order valence-corrected chi connectivity index (χ2v) is 6.35. The lowest BCUT2D eigenvalue weighted by molar-refractivity contribution is -0.0774. The van der Waals surface area contributed by atoms with Gasteiger partial charge >= 0.3 is 0 Å². The Bertz CT molecular complexity index is 301. The van der Waals surface area contributed by atoms with Crippen LogP contribution in [0.5, 0.6) is 0 Å². The van der Waals surface area contributed by atoms with Crippen molar-refractivity contribution in [2.24, 2.45) is 23.0 Å². The van der Waals surface area contributed by atoms with Crippen molar-refractivity contribution in [1.29, 1.82) is 0 Å². The van der Waals surface area contributed by atoms with Crippen LogP contribution in [0.2, 0.25) is 0 Å². The van der Waals surface area contributed by atoms with E-state index in [1.807, 2.05) is 6.92 Å². The summed E-state index contributed by atoms with van der Waals surface area (Å²) in [6.45, 7) is 2.01. The molecule has 3 nitrogen and oxygen atoms in total. The van der Waals surface area contributed by atoms with E-state index in [0.29, 0.717) is 23.7 Å². The van der Waals surface area contributed by atoms with Gasteiger partial charge in [0.2, 0.25) is 0 Å². The highest BCUT2D eigenvalue weighted by Gasteiger charge is 2.63. The molecule has 1 spiro atoms. The van der Waals surface area contributed by atoms with E-state index in [-0.39, 0.29) is 6.29 Å². The van der Waals surface area contributed by atoms with Crippen LogP contribution >= 0.6 is 0 Å². The van der Waals surface area contributed by atoms with Crippen molar-refractivity contribution < 1.29 is 9.47 Å². The molecule has 0 aromatic heterocycles. The van der Waals surface area contributed by atoms with Crippen LogP contribution < -0.4 is 5.73 Å². The highest BCUT2D eigenvalue weighted by atomic mass is 16.7. The molecule has 0 amide bonds. The molecule has 1 aliphatic heterocycles. The fraction of sp³-hybridized carbons (Fsp3) is 1.00. The van der Waals surface area contributed by atoms with Gasteiger partial charge in [0, 0.05) is 6.04 Å². The van der Waals surface area contributed by atoms with Crippen LogP contribution in [0.4, 0.5) is 0 Å². The first kappa shape index (κ1) is 9.86. The van der Waals surface area contributed by atoms with Gasteiger partial charge in [0.1, 0.15) is 0 Å². The molecule has 2 N–H and O–H groups in total. The standard InChI is InChI=1S/C13H21NO2/c1-7-15-10-5-13(6-11(10)16-7)9-3-2-8(4-9)12(13)14/h7-12H,2-6,14H2,1H3/t7-,8-,9+,10?,11-,12-,13-/m0/s1. The monoisotopic (exact) mass is 223 g/mol. The van der Waals surface area contributed by atoms with Crippen molar-refractivity contribution >= 4 is 0 Å². The Balaban J connectivity index is 1.62. The van der Waals surface area contributed by atoms with E-state index in [1.165, 1.54) is 19.3 Å². The first-order chi connectivity index (χ1) is 7.69. The van der Waals surface area contributed by atoms with Gasteiger partial charge < -0.3 is 15.2 Å². The maximum Gasteiger partial charge on any atom is 0.155 e. The van der Waals surface area contributed by atoms with E-state index in [0.717, 1.165) is 24.7 Å². The molecule has 0 aromatic carbocycles. The van der Waals surface area contributed by atoms with E-state index in [9.17, 15) is 0 Å². The Kier molecular flexibility index (Phi) is 1.85. The predicted molar refractivity (Wildman–Crippen MR) is 59.7 cm³/mol. The summed E-state index contributed by atoms with van der Waals surface area (Å²) in [7, 11) is 0. The minimum atomic E-state index is 0.00200. The van der Waals surface area contributed by atoms with E-state index in [2.05, 4.69) is 0 Å². The molecule has 16 heavy (non-hydrogen) atoms. The van der Waals surface area contributed by atoms with Crippen LogP contribution in [0.25, 0.3) is 0 Å². The summed E-state index contributed by atoms with van der Waals surface area (Å²) in [5.74, 6) is 1.65. The first-order valence-corrected chi connectivity index (χ1v) is 6.75. The highest BCUT2D eigenvalue weighted by Crippen LogP contribution is 2.63. The molecule has 1 unspecified atom stereocenters. The Morgan fingerprint density at radius 2 is 1.81 bits per heavy atom. The second-order valence-electron chi connectivity index (χ2n) is 6.35. The molecule has 2 bridgehead atoms. The molecule has 3 saturated carbocycles. The fourth-order valence-corrected chi connectivity index (χ4v) is 5.10. The average molecular weight is 223 g/mol. The van der Waals surface area contributed by atoms with Gasteiger partial charge in [-0.15, -0.1) is 0 Å². The van der Waals surface area contributed by atoms with Gasteiger partial charge in [0.05, 0.1) is 12.2 Å². The molecule has 3 heteroatoms. The smallest absolute Gasteiger partial charge is 0.155 e. The summed E-state index contributed by atoms with van der Waals surface area (Å²) >= 11 is 0. The lowest BCUT2D eigenvalue weighted by Gasteiger charge is -2.39. The van der Waals surface area contributed by atoms with Gasteiger partial charge in [0.15, 0.2) is 6.29 Å². The third kappa shape index (κ3) is 1.05. The van der Waals surface area contributed by atoms with Crippen LogP contribution in [0.1, 0.15) is 39.0 Å². The third-order valence-corrected chi connectivity index (χ3v) is 5.77. The van der Waals surface area contributed by atoms with Gasteiger partial charge in [-0.05, 0) is 56.3 Å². The van der Waals surface area contributed by atoms with Crippen LogP contribution in [0.3, 0.4) is 0 Å². The molecular formula is C13H21NO2. The Morgan fingerprint density at radius 3 is 2.38 bits per heavy atom. The molecule has 4 aliphatic rings. The molecule has 1 heterocycles. The van der Waals surface area contributed by atoms with E-state index >= 15 is 0 Å². The van der Waals surface area contributed by atoms with Gasteiger partial charge in [-0.1, -0.05) is 0 Å². The topological polar surface area (TPSA) is 44.5 Å². The van der Waals surface area contributed by atoms with Gasteiger partial charge in [-0.25, -0.2) is 0 Å². The third-order valence-electron chi connectivity index (χ3n) is 5.77. The highest BCUT2D eigenvalue weighted by molar-refractivity contribution is 5.14. The number of ether oxygens (including phenoxy) is 2. The van der Waals surface area contributed by atoms with Crippen LogP contribution in [0, 0.1) is 17.3 Å². The molecular weight excluding hydrogens is 202 g/mol. The zero-order valence-corrected chi connectivity index (χ0v) is 9.89. The van der Waals surface area contributed by atoms with Crippen molar-refractivity contribution in [2.75, 3.05) is 0 Å². The molecule has 4 rings (SSSR count). The summed E-state index contributed by atoms with van der Waals surface area (Å²) in [4.78, 5) is 0. The lowest BCUT2D eigenvalue weighted by Crippen LogP contribution is -2.45. The van der Waals surface area contributed by atoms with Crippen molar-refractivity contribution in [3.05, 3.63) is 0 Å².